The van der Waals surface area contributed by atoms with Crippen LogP contribution in [0.3, 0.4) is 0 Å². The Hall–Kier alpha value is -3.22. The molecule has 0 radical (unpaired) electrons. The number of anilines is 2. The number of hydrogen-bond acceptors (Lipinski definition) is 5. The van der Waals surface area contributed by atoms with E-state index in [0.29, 0.717) is 28.6 Å². The van der Waals surface area contributed by atoms with Crippen molar-refractivity contribution in [3.63, 3.8) is 0 Å². The monoisotopic (exact) mass is 344 g/mol. The Bertz CT molecular complexity index is 744. The number of benzene rings is 2. The predicted molar refractivity (Wildman–Crippen MR) is 94.4 cm³/mol. The van der Waals surface area contributed by atoms with Gasteiger partial charge in [-0.3, -0.25) is 9.59 Å². The number of methoxy groups -OCH3 is 3. The Morgan fingerprint density at radius 3 is 2.00 bits per heavy atom. The molecule has 25 heavy (non-hydrogen) atoms. The number of amides is 2. The van der Waals surface area contributed by atoms with Crippen molar-refractivity contribution < 1.29 is 23.8 Å². The zero-order chi connectivity index (χ0) is 18.2. The average Bonchev–Trinajstić information content (AvgIpc) is 2.62. The summed E-state index contributed by atoms with van der Waals surface area (Å²) in [7, 11) is 4.58. The van der Waals surface area contributed by atoms with Gasteiger partial charge in [-0.05, 0) is 36.4 Å². The minimum absolute atomic E-state index is 0.327. The van der Waals surface area contributed by atoms with Gasteiger partial charge in [0.15, 0.2) is 0 Å². The number of rotatable bonds is 7. The summed E-state index contributed by atoms with van der Waals surface area (Å²) in [6, 6.07) is 11.8. The van der Waals surface area contributed by atoms with Crippen molar-refractivity contribution in [1.29, 1.82) is 0 Å². The van der Waals surface area contributed by atoms with Crippen LogP contribution in [-0.4, -0.2) is 33.1 Å². The molecule has 0 fully saturated rings. The lowest BCUT2D eigenvalue weighted by molar-refractivity contribution is -0.123. The van der Waals surface area contributed by atoms with E-state index in [-0.39, 0.29) is 6.42 Å². The van der Waals surface area contributed by atoms with Crippen LogP contribution in [0.4, 0.5) is 11.4 Å². The smallest absolute Gasteiger partial charge is 0.233 e. The lowest BCUT2D eigenvalue weighted by atomic mass is 10.2. The SMILES string of the molecule is COc1ccc(NC(=O)CC(=O)Nc2cc(OC)ccc2OC)cc1. The average molecular weight is 344 g/mol. The minimum atomic E-state index is -0.461. The van der Waals surface area contributed by atoms with Gasteiger partial charge in [-0.1, -0.05) is 0 Å². The quantitative estimate of drug-likeness (QED) is 0.754. The van der Waals surface area contributed by atoms with Crippen molar-refractivity contribution in [2.45, 2.75) is 6.42 Å². The third kappa shape index (κ3) is 5.13. The van der Waals surface area contributed by atoms with E-state index in [9.17, 15) is 9.59 Å². The van der Waals surface area contributed by atoms with E-state index < -0.39 is 11.8 Å². The van der Waals surface area contributed by atoms with Crippen molar-refractivity contribution in [2.24, 2.45) is 0 Å². The summed E-state index contributed by atoms with van der Waals surface area (Å²) >= 11 is 0. The van der Waals surface area contributed by atoms with Crippen molar-refractivity contribution in [1.82, 2.24) is 0 Å². The molecule has 0 aliphatic carbocycles. The molecule has 0 aliphatic heterocycles. The lowest BCUT2D eigenvalue weighted by Gasteiger charge is -2.12. The summed E-state index contributed by atoms with van der Waals surface area (Å²) in [5.74, 6) is 0.839. The summed E-state index contributed by atoms with van der Waals surface area (Å²) in [6.07, 6.45) is -0.327. The molecule has 0 aliphatic rings. The van der Waals surface area contributed by atoms with Crippen LogP contribution in [0.15, 0.2) is 42.5 Å². The molecule has 0 bridgehead atoms. The second kappa shape index (κ2) is 8.58. The number of hydrogen-bond donors (Lipinski definition) is 2. The summed E-state index contributed by atoms with van der Waals surface area (Å²) in [5, 5.41) is 5.30. The minimum Gasteiger partial charge on any atom is -0.497 e. The fourth-order valence-corrected chi connectivity index (χ4v) is 2.13. The molecule has 0 unspecified atom stereocenters. The van der Waals surface area contributed by atoms with Crippen LogP contribution >= 0.6 is 0 Å². The van der Waals surface area contributed by atoms with E-state index in [1.54, 1.807) is 49.6 Å². The molecule has 2 N–H and O–H groups in total. The third-order valence-electron chi connectivity index (χ3n) is 3.38. The normalized spacial score (nSPS) is 9.88. The predicted octanol–water partition coefficient (Wildman–Crippen LogP) is 2.68. The van der Waals surface area contributed by atoms with Crippen molar-refractivity contribution in [3.8, 4) is 17.2 Å². The number of carbonyl (C=O) groups excluding carboxylic acids is 2. The molecular formula is C18H20N2O5. The van der Waals surface area contributed by atoms with E-state index in [2.05, 4.69) is 10.6 Å². The fraction of sp³-hybridized carbons (Fsp3) is 0.222. The Morgan fingerprint density at radius 1 is 0.800 bits per heavy atom. The van der Waals surface area contributed by atoms with Gasteiger partial charge in [-0.25, -0.2) is 0 Å². The fourth-order valence-electron chi connectivity index (χ4n) is 2.13. The standard InChI is InChI=1S/C18H20N2O5/c1-23-13-6-4-12(5-7-13)19-17(21)11-18(22)20-15-10-14(24-2)8-9-16(15)25-3/h4-10H,11H2,1-3H3,(H,19,21)(H,20,22). The van der Waals surface area contributed by atoms with Crippen LogP contribution < -0.4 is 24.8 Å². The largest absolute Gasteiger partial charge is 0.497 e. The molecule has 0 heterocycles. The molecule has 0 atom stereocenters. The van der Waals surface area contributed by atoms with Gasteiger partial charge in [0.25, 0.3) is 0 Å². The molecule has 2 rings (SSSR count). The number of ether oxygens (including phenoxy) is 3. The molecule has 2 amide bonds. The summed E-state index contributed by atoms with van der Waals surface area (Å²) in [6.45, 7) is 0. The van der Waals surface area contributed by atoms with Gasteiger partial charge < -0.3 is 24.8 Å². The first-order valence-corrected chi connectivity index (χ1v) is 7.51. The highest BCUT2D eigenvalue weighted by atomic mass is 16.5. The first-order chi connectivity index (χ1) is 12.0. The molecule has 0 saturated heterocycles. The Labute approximate surface area is 145 Å². The van der Waals surface area contributed by atoms with Crippen molar-refractivity contribution >= 4 is 23.2 Å². The highest BCUT2D eigenvalue weighted by Crippen LogP contribution is 2.29. The van der Waals surface area contributed by atoms with E-state index in [0.717, 1.165) is 0 Å². The number of carbonyl (C=O) groups is 2. The molecule has 7 heteroatoms. The maximum atomic E-state index is 12.1. The zero-order valence-electron chi connectivity index (χ0n) is 14.3. The topological polar surface area (TPSA) is 85.9 Å². The van der Waals surface area contributed by atoms with E-state index in [1.165, 1.54) is 14.2 Å². The van der Waals surface area contributed by atoms with Crippen LogP contribution in [0.1, 0.15) is 6.42 Å². The third-order valence-corrected chi connectivity index (χ3v) is 3.38. The van der Waals surface area contributed by atoms with Crippen LogP contribution in [0, 0.1) is 0 Å². The Morgan fingerprint density at radius 2 is 1.40 bits per heavy atom. The van der Waals surface area contributed by atoms with Gasteiger partial charge in [0.05, 0.1) is 27.0 Å². The molecule has 7 nitrogen and oxygen atoms in total. The Balaban J connectivity index is 1.96. The van der Waals surface area contributed by atoms with Crippen molar-refractivity contribution in [2.75, 3.05) is 32.0 Å². The first kappa shape index (κ1) is 18.1. The van der Waals surface area contributed by atoms with E-state index in [1.807, 2.05) is 0 Å². The van der Waals surface area contributed by atoms with Gasteiger partial charge in [0.2, 0.25) is 11.8 Å². The molecule has 0 spiro atoms. The molecular weight excluding hydrogens is 324 g/mol. The van der Waals surface area contributed by atoms with Gasteiger partial charge in [0.1, 0.15) is 23.7 Å². The van der Waals surface area contributed by atoms with Crippen molar-refractivity contribution in [3.05, 3.63) is 42.5 Å². The van der Waals surface area contributed by atoms with E-state index >= 15 is 0 Å². The molecule has 2 aromatic carbocycles. The van der Waals surface area contributed by atoms with Gasteiger partial charge in [0, 0.05) is 11.8 Å². The molecule has 132 valence electrons. The summed E-state index contributed by atoms with van der Waals surface area (Å²) in [5.41, 5.74) is 1.02. The summed E-state index contributed by atoms with van der Waals surface area (Å²) < 4.78 is 15.4. The maximum absolute atomic E-state index is 12.1. The second-order valence-corrected chi connectivity index (χ2v) is 5.07. The maximum Gasteiger partial charge on any atom is 0.233 e. The van der Waals surface area contributed by atoms with Crippen LogP contribution in [-0.2, 0) is 9.59 Å². The second-order valence-electron chi connectivity index (χ2n) is 5.07. The van der Waals surface area contributed by atoms with E-state index in [4.69, 9.17) is 14.2 Å². The summed E-state index contributed by atoms with van der Waals surface area (Å²) in [4.78, 5) is 24.1. The highest BCUT2D eigenvalue weighted by molar-refractivity contribution is 6.08. The zero-order valence-corrected chi connectivity index (χ0v) is 14.3. The van der Waals surface area contributed by atoms with Crippen LogP contribution in [0.5, 0.6) is 17.2 Å². The Kier molecular flexibility index (Phi) is 6.22. The highest BCUT2D eigenvalue weighted by Gasteiger charge is 2.13. The van der Waals surface area contributed by atoms with Gasteiger partial charge >= 0.3 is 0 Å². The van der Waals surface area contributed by atoms with Crippen LogP contribution in [0.2, 0.25) is 0 Å². The molecule has 0 saturated carbocycles. The molecule has 2 aromatic rings. The molecule has 0 aromatic heterocycles. The van der Waals surface area contributed by atoms with Gasteiger partial charge in [-0.2, -0.15) is 0 Å². The van der Waals surface area contributed by atoms with Crippen LogP contribution in [0.25, 0.3) is 0 Å². The lowest BCUT2D eigenvalue weighted by Crippen LogP contribution is -2.21. The first-order valence-electron chi connectivity index (χ1n) is 7.51. The number of nitrogens with one attached hydrogen (secondary N) is 2. The van der Waals surface area contributed by atoms with Gasteiger partial charge in [-0.15, -0.1) is 0 Å².